The summed E-state index contributed by atoms with van der Waals surface area (Å²) in [6.07, 6.45) is 4.05. The van der Waals surface area contributed by atoms with Gasteiger partial charge in [-0.25, -0.2) is 13.5 Å². The first-order chi connectivity index (χ1) is 8.12. The van der Waals surface area contributed by atoms with Crippen molar-refractivity contribution in [3.63, 3.8) is 0 Å². The molecule has 96 valence electrons. The van der Waals surface area contributed by atoms with Crippen molar-refractivity contribution in [2.24, 2.45) is 0 Å². The number of hydrogen-bond acceptors (Lipinski definition) is 4. The lowest BCUT2D eigenvalue weighted by Crippen LogP contribution is -2.57. The van der Waals surface area contributed by atoms with Gasteiger partial charge in [-0.3, -0.25) is 5.32 Å². The molecule has 0 saturated heterocycles. The number of nitrogens with one attached hydrogen (secondary N) is 3. The third kappa shape index (κ3) is 2.58. The molecule has 0 radical (unpaired) electrons. The fourth-order valence-corrected chi connectivity index (χ4v) is 3.30. The summed E-state index contributed by atoms with van der Waals surface area (Å²) in [4.78, 5) is 0.771. The van der Waals surface area contributed by atoms with Gasteiger partial charge in [-0.1, -0.05) is 6.42 Å². The van der Waals surface area contributed by atoms with Crippen molar-refractivity contribution < 1.29 is 8.78 Å². The topological polar surface area (TPSA) is 36.1 Å². The number of halogens is 2. The van der Waals surface area contributed by atoms with Crippen molar-refractivity contribution in [2.75, 3.05) is 0 Å². The Bertz CT molecular complexity index is 342. The largest absolute Gasteiger partial charge is 0.360 e. The predicted octanol–water partition coefficient (Wildman–Crippen LogP) is 2.28. The Labute approximate surface area is 104 Å². The van der Waals surface area contributed by atoms with Crippen molar-refractivity contribution in [3.05, 3.63) is 10.6 Å². The molecule has 0 spiro atoms. The quantitative estimate of drug-likeness (QED) is 0.667. The van der Waals surface area contributed by atoms with Crippen molar-refractivity contribution in [3.8, 4) is 0 Å². The molecular formula is C11H17F2N3S. The van der Waals surface area contributed by atoms with Crippen LogP contribution in [0.15, 0.2) is 10.6 Å². The maximum atomic E-state index is 13.2. The van der Waals surface area contributed by atoms with E-state index in [-0.39, 0.29) is 19.1 Å². The second kappa shape index (κ2) is 4.40. The van der Waals surface area contributed by atoms with Gasteiger partial charge in [-0.15, -0.1) is 0 Å². The number of hydrogen-bond donors (Lipinski definition) is 3. The van der Waals surface area contributed by atoms with E-state index >= 15 is 0 Å². The van der Waals surface area contributed by atoms with Crippen LogP contribution in [0.5, 0.6) is 0 Å². The van der Waals surface area contributed by atoms with Crippen LogP contribution in [-0.4, -0.2) is 18.3 Å². The number of allylic oxidation sites excluding steroid dienone is 2. The molecule has 1 fully saturated rings. The van der Waals surface area contributed by atoms with E-state index in [9.17, 15) is 8.78 Å². The van der Waals surface area contributed by atoms with E-state index in [1.165, 1.54) is 31.2 Å². The average Bonchev–Trinajstić information content (AvgIpc) is 2.22. The Balaban J connectivity index is 1.60. The molecule has 1 atom stereocenters. The first kappa shape index (κ1) is 11.7. The van der Waals surface area contributed by atoms with E-state index in [2.05, 4.69) is 15.4 Å². The van der Waals surface area contributed by atoms with Crippen molar-refractivity contribution in [2.45, 2.75) is 56.8 Å². The standard InChI is InChI=1S/C11H17F2N3S/c12-11(13)5-4-8-9(6-11)17-16-10(15-8)14-7-2-1-3-7/h7,10,14-16H,1-6H2. The first-order valence-corrected chi connectivity index (χ1v) is 6.99. The van der Waals surface area contributed by atoms with Gasteiger partial charge in [0.2, 0.25) is 0 Å². The monoisotopic (exact) mass is 261 g/mol. The van der Waals surface area contributed by atoms with E-state index in [1.54, 1.807) is 0 Å². The maximum Gasteiger partial charge on any atom is 0.253 e. The summed E-state index contributed by atoms with van der Waals surface area (Å²) in [7, 11) is 0. The van der Waals surface area contributed by atoms with Gasteiger partial charge in [0.1, 0.15) is 6.29 Å². The highest BCUT2D eigenvalue weighted by Crippen LogP contribution is 2.41. The predicted molar refractivity (Wildman–Crippen MR) is 64.2 cm³/mol. The summed E-state index contributed by atoms with van der Waals surface area (Å²) in [5, 5.41) is 6.74. The lowest BCUT2D eigenvalue weighted by atomic mass is 9.93. The van der Waals surface area contributed by atoms with Gasteiger partial charge in [-0.2, -0.15) is 0 Å². The molecule has 0 bridgehead atoms. The van der Waals surface area contributed by atoms with Crippen LogP contribution in [0.1, 0.15) is 38.5 Å². The summed E-state index contributed by atoms with van der Waals surface area (Å²) in [5.41, 5.74) is 0.997. The van der Waals surface area contributed by atoms with Crippen molar-refractivity contribution in [1.82, 2.24) is 15.4 Å². The summed E-state index contributed by atoms with van der Waals surface area (Å²) in [6.45, 7) is 0. The highest BCUT2D eigenvalue weighted by atomic mass is 32.2. The molecule has 0 aromatic heterocycles. The van der Waals surface area contributed by atoms with Crippen LogP contribution in [0.3, 0.4) is 0 Å². The van der Waals surface area contributed by atoms with Gasteiger partial charge in [0.05, 0.1) is 0 Å². The van der Waals surface area contributed by atoms with Gasteiger partial charge in [0.15, 0.2) is 0 Å². The third-order valence-electron chi connectivity index (χ3n) is 3.62. The normalized spacial score (nSPS) is 32.7. The number of alkyl halides is 2. The third-order valence-corrected chi connectivity index (χ3v) is 4.61. The maximum absolute atomic E-state index is 13.2. The van der Waals surface area contributed by atoms with Crippen LogP contribution in [0.4, 0.5) is 8.78 Å². The van der Waals surface area contributed by atoms with Gasteiger partial charge < -0.3 is 5.32 Å². The molecular weight excluding hydrogens is 244 g/mol. The SMILES string of the molecule is FC1(F)CCC2=C(C1)SNC(NC1CCC1)N2. The summed E-state index contributed by atoms with van der Waals surface area (Å²) in [5.74, 6) is -2.52. The molecule has 3 nitrogen and oxygen atoms in total. The molecule has 3 N–H and O–H groups in total. The minimum atomic E-state index is -2.52. The zero-order chi connectivity index (χ0) is 11.9. The van der Waals surface area contributed by atoms with E-state index in [0.717, 1.165) is 10.6 Å². The average molecular weight is 261 g/mol. The molecule has 0 aromatic carbocycles. The molecule has 0 amide bonds. The zero-order valence-corrected chi connectivity index (χ0v) is 10.4. The number of rotatable bonds is 2. The van der Waals surface area contributed by atoms with Crippen LogP contribution in [0, 0.1) is 0 Å². The molecule has 1 heterocycles. The Morgan fingerprint density at radius 3 is 2.88 bits per heavy atom. The van der Waals surface area contributed by atoms with E-state index in [4.69, 9.17) is 0 Å². The molecule has 6 heteroatoms. The molecule has 3 aliphatic rings. The minimum absolute atomic E-state index is 0.0239. The second-order valence-corrected chi connectivity index (χ2v) is 5.96. The molecule has 1 aliphatic heterocycles. The highest BCUT2D eigenvalue weighted by Gasteiger charge is 2.38. The van der Waals surface area contributed by atoms with Crippen LogP contribution in [0.2, 0.25) is 0 Å². The lowest BCUT2D eigenvalue weighted by Gasteiger charge is -2.38. The zero-order valence-electron chi connectivity index (χ0n) is 9.56. The molecule has 2 aliphatic carbocycles. The van der Waals surface area contributed by atoms with Gasteiger partial charge in [-0.05, 0) is 31.2 Å². The van der Waals surface area contributed by atoms with Crippen molar-refractivity contribution >= 4 is 11.9 Å². The Morgan fingerprint density at radius 2 is 2.18 bits per heavy atom. The molecule has 1 saturated carbocycles. The molecule has 3 rings (SSSR count). The van der Waals surface area contributed by atoms with Crippen LogP contribution in [-0.2, 0) is 0 Å². The second-order valence-electron chi connectivity index (χ2n) is 5.03. The highest BCUT2D eigenvalue weighted by molar-refractivity contribution is 8.01. The first-order valence-electron chi connectivity index (χ1n) is 6.17. The fourth-order valence-electron chi connectivity index (χ4n) is 2.35. The summed E-state index contributed by atoms with van der Waals surface area (Å²) < 4.78 is 29.6. The van der Waals surface area contributed by atoms with Gasteiger partial charge >= 0.3 is 0 Å². The van der Waals surface area contributed by atoms with Gasteiger partial charge in [0, 0.05) is 29.5 Å². The van der Waals surface area contributed by atoms with Crippen LogP contribution >= 0.6 is 11.9 Å². The lowest BCUT2D eigenvalue weighted by molar-refractivity contribution is -0.0111. The molecule has 0 aromatic rings. The van der Waals surface area contributed by atoms with E-state index < -0.39 is 5.92 Å². The smallest absolute Gasteiger partial charge is 0.253 e. The Hall–Kier alpha value is -0.330. The van der Waals surface area contributed by atoms with Crippen LogP contribution in [0.25, 0.3) is 0 Å². The molecule has 1 unspecified atom stereocenters. The minimum Gasteiger partial charge on any atom is -0.360 e. The Kier molecular flexibility index (Phi) is 3.04. The summed E-state index contributed by atoms with van der Waals surface area (Å²) in [6, 6.07) is 0.577. The van der Waals surface area contributed by atoms with E-state index in [1.807, 2.05) is 0 Å². The van der Waals surface area contributed by atoms with Crippen molar-refractivity contribution in [1.29, 1.82) is 0 Å². The fraction of sp³-hybridized carbons (Fsp3) is 0.818. The summed E-state index contributed by atoms with van der Waals surface area (Å²) >= 11 is 1.36. The Morgan fingerprint density at radius 1 is 1.35 bits per heavy atom. The van der Waals surface area contributed by atoms with Gasteiger partial charge in [0.25, 0.3) is 5.92 Å². The van der Waals surface area contributed by atoms with E-state index in [0.29, 0.717) is 12.5 Å². The molecule has 17 heavy (non-hydrogen) atoms. The van der Waals surface area contributed by atoms with Crippen LogP contribution < -0.4 is 15.4 Å².